The molecule has 1 aromatic heterocycles. The Morgan fingerprint density at radius 3 is 2.65 bits per heavy atom. The summed E-state index contributed by atoms with van der Waals surface area (Å²) in [5.41, 5.74) is 0.622. The van der Waals surface area contributed by atoms with E-state index in [1.807, 2.05) is 13.8 Å². The number of hydrogen-bond donors (Lipinski definition) is 0. The molecule has 1 heterocycles. The molecular weight excluding hydrogens is 297 g/mol. The van der Waals surface area contributed by atoms with Crippen LogP contribution < -0.4 is 0 Å². The van der Waals surface area contributed by atoms with E-state index in [-0.39, 0.29) is 17.3 Å². The summed E-state index contributed by atoms with van der Waals surface area (Å²) in [6.07, 6.45) is 0. The van der Waals surface area contributed by atoms with Crippen LogP contribution in [0.3, 0.4) is 0 Å². The van der Waals surface area contributed by atoms with Gasteiger partial charge in [0.15, 0.2) is 0 Å². The molecular formula is C14H11Cl2N3O. The summed E-state index contributed by atoms with van der Waals surface area (Å²) in [5, 5.41) is 14.0. The van der Waals surface area contributed by atoms with Crippen LogP contribution in [0.2, 0.25) is 10.0 Å². The number of nitriles is 1. The molecule has 20 heavy (non-hydrogen) atoms. The highest BCUT2D eigenvalue weighted by atomic mass is 35.5. The highest BCUT2D eigenvalue weighted by Gasteiger charge is 2.62. The number of hydrogen-bond acceptors (Lipinski definition) is 4. The maximum Gasteiger partial charge on any atom is 0.232 e. The first-order valence-corrected chi connectivity index (χ1v) is 6.89. The molecule has 3 rings (SSSR count). The van der Waals surface area contributed by atoms with Gasteiger partial charge in [0, 0.05) is 5.56 Å². The van der Waals surface area contributed by atoms with Crippen molar-refractivity contribution < 1.29 is 4.52 Å². The molecule has 2 aromatic rings. The normalized spacial score (nSPS) is 23.4. The molecule has 0 saturated heterocycles. The van der Waals surface area contributed by atoms with Gasteiger partial charge >= 0.3 is 0 Å². The Kier molecular flexibility index (Phi) is 3.00. The summed E-state index contributed by atoms with van der Waals surface area (Å²) in [4.78, 5) is 4.38. The summed E-state index contributed by atoms with van der Waals surface area (Å²) < 4.78 is 5.29. The van der Waals surface area contributed by atoms with E-state index in [1.165, 1.54) is 0 Å². The van der Waals surface area contributed by atoms with Crippen LogP contribution in [-0.2, 0) is 0 Å². The van der Waals surface area contributed by atoms with Crippen molar-refractivity contribution in [3.8, 4) is 17.5 Å². The van der Waals surface area contributed by atoms with Crippen molar-refractivity contribution >= 4 is 23.2 Å². The molecule has 102 valence electrons. The SMILES string of the molecule is CC1(C)C(C#N)C1c1nc(-c2ccc(Cl)c(Cl)c2)no1. The summed E-state index contributed by atoms with van der Waals surface area (Å²) in [6.45, 7) is 4.04. The molecule has 2 atom stereocenters. The number of benzene rings is 1. The van der Waals surface area contributed by atoms with Crippen molar-refractivity contribution in [2.24, 2.45) is 11.3 Å². The Morgan fingerprint density at radius 1 is 1.30 bits per heavy atom. The topological polar surface area (TPSA) is 62.7 Å². The highest BCUT2D eigenvalue weighted by molar-refractivity contribution is 6.42. The minimum Gasteiger partial charge on any atom is -0.339 e. The molecule has 6 heteroatoms. The fraction of sp³-hybridized carbons (Fsp3) is 0.357. The molecule has 1 aliphatic carbocycles. The van der Waals surface area contributed by atoms with Crippen molar-refractivity contribution in [1.82, 2.24) is 10.1 Å². The molecule has 1 aliphatic rings. The molecule has 4 nitrogen and oxygen atoms in total. The molecule has 0 aliphatic heterocycles. The molecule has 0 spiro atoms. The fourth-order valence-electron chi connectivity index (χ4n) is 2.45. The minimum absolute atomic E-state index is 0.00322. The van der Waals surface area contributed by atoms with Crippen LogP contribution in [0.1, 0.15) is 25.7 Å². The predicted octanol–water partition coefficient (Wildman–Crippen LogP) is 4.31. The zero-order chi connectivity index (χ0) is 14.5. The standard InChI is InChI=1S/C14H11Cl2N3O/c1-14(2)8(6-17)11(14)13-18-12(19-20-13)7-3-4-9(15)10(16)5-7/h3-5,8,11H,1-2H3. The Bertz CT molecular complexity index is 717. The second kappa shape index (κ2) is 4.47. The van der Waals surface area contributed by atoms with Crippen molar-refractivity contribution in [2.75, 3.05) is 0 Å². The van der Waals surface area contributed by atoms with E-state index in [2.05, 4.69) is 16.2 Å². The lowest BCUT2D eigenvalue weighted by Gasteiger charge is -1.97. The van der Waals surface area contributed by atoms with Crippen molar-refractivity contribution in [3.05, 3.63) is 34.1 Å². The third-order valence-electron chi connectivity index (χ3n) is 3.85. The monoisotopic (exact) mass is 307 g/mol. The Balaban J connectivity index is 1.92. The van der Waals surface area contributed by atoms with E-state index in [9.17, 15) is 0 Å². The van der Waals surface area contributed by atoms with Gasteiger partial charge in [-0.2, -0.15) is 10.2 Å². The van der Waals surface area contributed by atoms with E-state index in [4.69, 9.17) is 33.0 Å². The summed E-state index contributed by atoms with van der Waals surface area (Å²) >= 11 is 11.9. The number of aromatic nitrogens is 2. The van der Waals surface area contributed by atoms with Crippen molar-refractivity contribution in [2.45, 2.75) is 19.8 Å². The third kappa shape index (κ3) is 1.98. The van der Waals surface area contributed by atoms with Crippen molar-refractivity contribution in [3.63, 3.8) is 0 Å². The van der Waals surface area contributed by atoms with Gasteiger partial charge in [0.05, 0.1) is 28.0 Å². The number of nitrogens with zero attached hydrogens (tertiary/aromatic N) is 3. The predicted molar refractivity (Wildman–Crippen MR) is 75.4 cm³/mol. The van der Waals surface area contributed by atoms with Crippen LogP contribution >= 0.6 is 23.2 Å². The lowest BCUT2D eigenvalue weighted by atomic mass is 10.1. The minimum atomic E-state index is -0.115. The van der Waals surface area contributed by atoms with Crippen LogP contribution in [0.5, 0.6) is 0 Å². The van der Waals surface area contributed by atoms with Crippen LogP contribution in [0.4, 0.5) is 0 Å². The van der Waals surface area contributed by atoms with Crippen LogP contribution in [0, 0.1) is 22.7 Å². The second-order valence-corrected chi connectivity index (χ2v) is 6.31. The molecule has 0 bridgehead atoms. The zero-order valence-electron chi connectivity index (χ0n) is 10.9. The van der Waals surface area contributed by atoms with Gasteiger partial charge in [0.25, 0.3) is 0 Å². The zero-order valence-corrected chi connectivity index (χ0v) is 12.4. The maximum absolute atomic E-state index is 9.09. The molecule has 1 aromatic carbocycles. The second-order valence-electron chi connectivity index (χ2n) is 5.49. The average molecular weight is 308 g/mol. The Morgan fingerprint density at radius 2 is 2.05 bits per heavy atom. The first kappa shape index (κ1) is 13.4. The molecule has 1 fully saturated rings. The molecule has 0 amide bonds. The van der Waals surface area contributed by atoms with Crippen LogP contribution in [0.15, 0.2) is 22.7 Å². The van der Waals surface area contributed by atoms with Crippen LogP contribution in [-0.4, -0.2) is 10.1 Å². The van der Waals surface area contributed by atoms with Gasteiger partial charge in [-0.05, 0) is 23.6 Å². The fourth-order valence-corrected chi connectivity index (χ4v) is 2.75. The number of rotatable bonds is 2. The van der Waals surface area contributed by atoms with E-state index in [0.717, 1.165) is 5.56 Å². The maximum atomic E-state index is 9.09. The summed E-state index contributed by atoms with van der Waals surface area (Å²) in [6, 6.07) is 7.44. The van der Waals surface area contributed by atoms with Gasteiger partial charge in [0.2, 0.25) is 11.7 Å². The third-order valence-corrected chi connectivity index (χ3v) is 4.59. The van der Waals surface area contributed by atoms with Gasteiger partial charge in [0.1, 0.15) is 0 Å². The average Bonchev–Trinajstić information content (AvgIpc) is 2.76. The van der Waals surface area contributed by atoms with Gasteiger partial charge in [-0.1, -0.05) is 42.2 Å². The quantitative estimate of drug-likeness (QED) is 0.829. The lowest BCUT2D eigenvalue weighted by molar-refractivity contribution is 0.368. The Labute approximate surface area is 126 Å². The van der Waals surface area contributed by atoms with Gasteiger partial charge in [-0.3, -0.25) is 0 Å². The summed E-state index contributed by atoms with van der Waals surface area (Å²) in [7, 11) is 0. The van der Waals surface area contributed by atoms with Gasteiger partial charge in [-0.25, -0.2) is 0 Å². The molecule has 2 unspecified atom stereocenters. The Hall–Kier alpha value is -1.57. The highest BCUT2D eigenvalue weighted by Crippen LogP contribution is 2.63. The molecule has 1 saturated carbocycles. The summed E-state index contributed by atoms with van der Waals surface area (Å²) in [5.74, 6) is 0.877. The van der Waals surface area contributed by atoms with E-state index in [1.54, 1.807) is 18.2 Å². The van der Waals surface area contributed by atoms with E-state index in [0.29, 0.717) is 21.8 Å². The lowest BCUT2D eigenvalue weighted by Crippen LogP contribution is -1.90. The van der Waals surface area contributed by atoms with Gasteiger partial charge in [-0.15, -0.1) is 0 Å². The van der Waals surface area contributed by atoms with Crippen LogP contribution in [0.25, 0.3) is 11.4 Å². The first-order valence-electron chi connectivity index (χ1n) is 6.14. The number of halogens is 2. The largest absolute Gasteiger partial charge is 0.339 e. The molecule has 0 radical (unpaired) electrons. The first-order chi connectivity index (χ1) is 9.45. The smallest absolute Gasteiger partial charge is 0.232 e. The van der Waals surface area contributed by atoms with Gasteiger partial charge < -0.3 is 4.52 Å². The molecule has 0 N–H and O–H groups in total. The van der Waals surface area contributed by atoms with E-state index >= 15 is 0 Å². The van der Waals surface area contributed by atoms with Crippen molar-refractivity contribution in [1.29, 1.82) is 5.26 Å². The van der Waals surface area contributed by atoms with E-state index < -0.39 is 0 Å².